The SMILES string of the molecule is Cc1ccc2[nH]cc(CC(NS(=O)(=O)c3ccc(-c4ccc(N(C)C)cc4)s3)C(=O)O)c2c1. The largest absolute Gasteiger partial charge is 0.480 e. The number of nitrogens with one attached hydrogen (secondary N) is 2. The second kappa shape index (κ2) is 9.01. The number of fused-ring (bicyclic) bond motifs is 1. The van der Waals surface area contributed by atoms with E-state index in [2.05, 4.69) is 9.71 Å². The van der Waals surface area contributed by atoms with Crippen LogP contribution in [0, 0.1) is 6.92 Å². The zero-order chi connectivity index (χ0) is 23.8. The van der Waals surface area contributed by atoms with Gasteiger partial charge in [-0.1, -0.05) is 23.8 Å². The van der Waals surface area contributed by atoms with Gasteiger partial charge < -0.3 is 15.0 Å². The van der Waals surface area contributed by atoms with E-state index in [1.165, 1.54) is 6.07 Å². The Hall–Kier alpha value is -3.14. The summed E-state index contributed by atoms with van der Waals surface area (Å²) in [6, 6.07) is 15.6. The summed E-state index contributed by atoms with van der Waals surface area (Å²) in [4.78, 5) is 17.8. The van der Waals surface area contributed by atoms with Crippen LogP contribution in [-0.4, -0.2) is 44.6 Å². The number of aliphatic carboxylic acids is 1. The first-order chi connectivity index (χ1) is 15.6. The molecule has 4 aromatic rings. The van der Waals surface area contributed by atoms with Gasteiger partial charge in [0.25, 0.3) is 10.0 Å². The van der Waals surface area contributed by atoms with E-state index in [-0.39, 0.29) is 10.6 Å². The van der Waals surface area contributed by atoms with Crippen molar-refractivity contribution in [1.29, 1.82) is 0 Å². The van der Waals surface area contributed by atoms with Gasteiger partial charge in [0, 0.05) is 48.2 Å². The lowest BCUT2D eigenvalue weighted by molar-refractivity contribution is -0.138. The van der Waals surface area contributed by atoms with Gasteiger partial charge in [-0.05, 0) is 54.4 Å². The molecule has 0 radical (unpaired) electrons. The van der Waals surface area contributed by atoms with Gasteiger partial charge in [0.05, 0.1) is 0 Å². The Bertz CT molecular complexity index is 1400. The van der Waals surface area contributed by atoms with E-state index in [1.54, 1.807) is 12.3 Å². The molecule has 9 heteroatoms. The molecule has 7 nitrogen and oxygen atoms in total. The van der Waals surface area contributed by atoms with Crippen LogP contribution < -0.4 is 9.62 Å². The highest BCUT2D eigenvalue weighted by Crippen LogP contribution is 2.32. The van der Waals surface area contributed by atoms with Crippen molar-refractivity contribution in [1.82, 2.24) is 9.71 Å². The average molecular weight is 484 g/mol. The van der Waals surface area contributed by atoms with E-state index in [4.69, 9.17) is 0 Å². The van der Waals surface area contributed by atoms with Crippen molar-refractivity contribution >= 4 is 43.9 Å². The topological polar surface area (TPSA) is 103 Å². The van der Waals surface area contributed by atoms with Crippen LogP contribution >= 0.6 is 11.3 Å². The maximum Gasteiger partial charge on any atom is 0.322 e. The average Bonchev–Trinajstić information content (AvgIpc) is 3.41. The highest BCUT2D eigenvalue weighted by molar-refractivity contribution is 7.91. The number of carboxylic acids is 1. The maximum atomic E-state index is 13.0. The fraction of sp³-hybridized carbons (Fsp3) is 0.208. The Morgan fingerprint density at radius 2 is 1.85 bits per heavy atom. The van der Waals surface area contributed by atoms with E-state index >= 15 is 0 Å². The van der Waals surface area contributed by atoms with Crippen LogP contribution in [0.3, 0.4) is 0 Å². The molecule has 0 saturated carbocycles. The number of H-pyrrole nitrogens is 1. The van der Waals surface area contributed by atoms with Crippen molar-refractivity contribution in [2.24, 2.45) is 0 Å². The number of thiophene rings is 1. The molecular weight excluding hydrogens is 458 g/mol. The van der Waals surface area contributed by atoms with Crippen molar-refractivity contribution in [3.8, 4) is 10.4 Å². The number of rotatable bonds is 8. The van der Waals surface area contributed by atoms with Gasteiger partial charge in [0.2, 0.25) is 0 Å². The number of hydrogen-bond donors (Lipinski definition) is 3. The summed E-state index contributed by atoms with van der Waals surface area (Å²) in [6.07, 6.45) is 1.76. The predicted molar refractivity (Wildman–Crippen MR) is 133 cm³/mol. The molecule has 0 aliphatic rings. The lowest BCUT2D eigenvalue weighted by Crippen LogP contribution is -2.41. The Kier molecular flexibility index (Phi) is 6.29. The molecular formula is C24H25N3O4S2. The molecule has 1 atom stereocenters. The Morgan fingerprint density at radius 3 is 2.52 bits per heavy atom. The van der Waals surface area contributed by atoms with Crippen molar-refractivity contribution in [2.75, 3.05) is 19.0 Å². The molecule has 33 heavy (non-hydrogen) atoms. The number of hydrogen-bond acceptors (Lipinski definition) is 5. The predicted octanol–water partition coefficient (Wildman–Crippen LogP) is 4.25. The molecule has 0 amide bonds. The molecule has 0 bridgehead atoms. The van der Waals surface area contributed by atoms with Crippen LogP contribution in [-0.2, 0) is 21.2 Å². The van der Waals surface area contributed by atoms with Gasteiger partial charge in [0.15, 0.2) is 0 Å². The molecule has 4 rings (SSSR count). The fourth-order valence-electron chi connectivity index (χ4n) is 3.65. The van der Waals surface area contributed by atoms with E-state index in [9.17, 15) is 18.3 Å². The fourth-order valence-corrected chi connectivity index (χ4v) is 6.17. The van der Waals surface area contributed by atoms with E-state index < -0.39 is 22.0 Å². The molecule has 2 aromatic heterocycles. The monoisotopic (exact) mass is 483 g/mol. The number of aromatic nitrogens is 1. The standard InChI is InChI=1S/C24H25N3O4S2/c1-15-4-9-20-19(12-15)17(14-25-20)13-21(24(28)29)26-33(30,31)23-11-10-22(32-23)16-5-7-18(8-6-16)27(2)3/h4-12,14,21,25-26H,13H2,1-3H3,(H,28,29). The highest BCUT2D eigenvalue weighted by atomic mass is 32.2. The molecule has 0 saturated heterocycles. The molecule has 0 fully saturated rings. The molecule has 2 heterocycles. The quantitative estimate of drug-likeness (QED) is 0.348. The molecule has 0 aliphatic carbocycles. The van der Waals surface area contributed by atoms with Gasteiger partial charge in [-0.3, -0.25) is 4.79 Å². The van der Waals surface area contributed by atoms with Gasteiger partial charge >= 0.3 is 5.97 Å². The Labute approximate surface area is 196 Å². The number of anilines is 1. The van der Waals surface area contributed by atoms with E-state index in [1.807, 2.05) is 68.4 Å². The smallest absolute Gasteiger partial charge is 0.322 e. The van der Waals surface area contributed by atoms with Gasteiger partial charge in [0.1, 0.15) is 10.3 Å². The van der Waals surface area contributed by atoms with Gasteiger partial charge in [-0.25, -0.2) is 8.42 Å². The van der Waals surface area contributed by atoms with Crippen LogP contribution in [0.2, 0.25) is 0 Å². The van der Waals surface area contributed by atoms with Crippen LogP contribution in [0.15, 0.2) is 65.0 Å². The number of aromatic amines is 1. The Balaban J connectivity index is 1.56. The number of carboxylic acid groups (broad SMARTS) is 1. The molecule has 0 spiro atoms. The minimum Gasteiger partial charge on any atom is -0.480 e. The summed E-state index contributed by atoms with van der Waals surface area (Å²) in [7, 11) is -0.106. The number of benzene rings is 2. The summed E-state index contributed by atoms with van der Waals surface area (Å²) in [6.45, 7) is 1.95. The van der Waals surface area contributed by atoms with Gasteiger partial charge in [-0.2, -0.15) is 4.72 Å². The van der Waals surface area contributed by atoms with Crippen molar-refractivity contribution in [3.63, 3.8) is 0 Å². The number of sulfonamides is 1. The van der Waals surface area contributed by atoms with Crippen LogP contribution in [0.1, 0.15) is 11.1 Å². The van der Waals surface area contributed by atoms with E-state index in [0.717, 1.165) is 49.5 Å². The molecule has 1 unspecified atom stereocenters. The summed E-state index contributed by atoms with van der Waals surface area (Å²) in [5.41, 5.74) is 4.61. The molecule has 0 aliphatic heterocycles. The zero-order valence-corrected chi connectivity index (χ0v) is 20.1. The second-order valence-corrected chi connectivity index (χ2v) is 11.2. The third-order valence-corrected chi connectivity index (χ3v) is 8.55. The lowest BCUT2D eigenvalue weighted by atomic mass is 10.0. The molecule has 3 N–H and O–H groups in total. The molecule has 172 valence electrons. The normalized spacial score (nSPS) is 12.7. The second-order valence-electron chi connectivity index (χ2n) is 8.14. The van der Waals surface area contributed by atoms with Crippen molar-refractivity contribution < 1.29 is 18.3 Å². The summed E-state index contributed by atoms with van der Waals surface area (Å²) in [5, 5.41) is 10.6. The third-order valence-electron chi connectivity index (χ3n) is 5.46. The molecule has 2 aromatic carbocycles. The Morgan fingerprint density at radius 1 is 1.12 bits per heavy atom. The van der Waals surface area contributed by atoms with Gasteiger partial charge in [-0.15, -0.1) is 11.3 Å². The number of nitrogens with zero attached hydrogens (tertiary/aromatic N) is 1. The van der Waals surface area contributed by atoms with Crippen LogP contribution in [0.4, 0.5) is 5.69 Å². The minimum atomic E-state index is -4.01. The van der Waals surface area contributed by atoms with Crippen molar-refractivity contribution in [2.45, 2.75) is 23.6 Å². The summed E-state index contributed by atoms with van der Waals surface area (Å²) in [5.74, 6) is -1.23. The number of carbonyl (C=O) groups is 1. The first-order valence-electron chi connectivity index (χ1n) is 10.3. The van der Waals surface area contributed by atoms with Crippen LogP contribution in [0.25, 0.3) is 21.3 Å². The highest BCUT2D eigenvalue weighted by Gasteiger charge is 2.28. The first-order valence-corrected chi connectivity index (χ1v) is 12.6. The first kappa shape index (κ1) is 23.0. The lowest BCUT2D eigenvalue weighted by Gasteiger charge is -2.14. The third kappa shape index (κ3) is 4.95. The number of aryl methyl sites for hydroxylation is 1. The van der Waals surface area contributed by atoms with Crippen LogP contribution in [0.5, 0.6) is 0 Å². The van der Waals surface area contributed by atoms with Crippen molar-refractivity contribution in [3.05, 3.63) is 71.9 Å². The summed E-state index contributed by atoms with van der Waals surface area (Å²) >= 11 is 1.11. The maximum absolute atomic E-state index is 13.0. The minimum absolute atomic E-state index is 0.0300. The summed E-state index contributed by atoms with van der Waals surface area (Å²) < 4.78 is 28.5. The van der Waals surface area contributed by atoms with E-state index in [0.29, 0.717) is 0 Å². The zero-order valence-electron chi connectivity index (χ0n) is 18.5.